The summed E-state index contributed by atoms with van der Waals surface area (Å²) in [5.74, 6) is 1.07. The summed E-state index contributed by atoms with van der Waals surface area (Å²) in [6, 6.07) is 11.8. The van der Waals surface area contributed by atoms with Crippen LogP contribution in [-0.4, -0.2) is 0 Å². The Morgan fingerprint density at radius 1 is 1.06 bits per heavy atom. The lowest BCUT2D eigenvalue weighted by atomic mass is 10.0. The average Bonchev–Trinajstić information content (AvgIpc) is 2.34. The summed E-state index contributed by atoms with van der Waals surface area (Å²) in [7, 11) is 0. The lowest BCUT2D eigenvalue weighted by Gasteiger charge is -2.09. The molecular weight excluding hydrogens is 251 g/mol. The molecule has 0 saturated carbocycles. The van der Waals surface area contributed by atoms with Crippen LogP contribution >= 0.6 is 11.6 Å². The third-order valence-electron chi connectivity index (χ3n) is 2.67. The predicted octanol–water partition coefficient (Wildman–Crippen LogP) is 5.39. The zero-order chi connectivity index (χ0) is 13.1. The summed E-state index contributed by atoms with van der Waals surface area (Å²) < 4.78 is 18.6. The monoisotopic (exact) mass is 264 g/mol. The Morgan fingerprint density at radius 2 is 1.72 bits per heavy atom. The molecule has 0 bridgehead atoms. The first-order valence-corrected chi connectivity index (χ1v) is 6.17. The van der Waals surface area contributed by atoms with Crippen LogP contribution in [0.3, 0.4) is 0 Å². The SMILES string of the molecule is CC(C)c1ccc(Oc2cc(F)ccc2Cl)cc1. The van der Waals surface area contributed by atoms with Crippen molar-refractivity contribution < 1.29 is 9.13 Å². The Morgan fingerprint density at radius 3 is 2.33 bits per heavy atom. The van der Waals surface area contributed by atoms with Gasteiger partial charge >= 0.3 is 0 Å². The van der Waals surface area contributed by atoms with Crippen LogP contribution in [0.4, 0.5) is 4.39 Å². The highest BCUT2D eigenvalue weighted by Crippen LogP contribution is 2.30. The highest BCUT2D eigenvalue weighted by molar-refractivity contribution is 6.32. The van der Waals surface area contributed by atoms with E-state index in [1.54, 1.807) is 0 Å². The second-order valence-corrected chi connectivity index (χ2v) is 4.81. The number of halogens is 2. The molecule has 0 aliphatic heterocycles. The van der Waals surface area contributed by atoms with Gasteiger partial charge in [-0.2, -0.15) is 0 Å². The summed E-state index contributed by atoms with van der Waals surface area (Å²) in [5, 5.41) is 0.393. The number of benzene rings is 2. The Kier molecular flexibility index (Phi) is 3.87. The molecular formula is C15H14ClFO. The van der Waals surface area contributed by atoms with Gasteiger partial charge in [0.1, 0.15) is 17.3 Å². The predicted molar refractivity (Wildman–Crippen MR) is 72.0 cm³/mol. The molecule has 2 aromatic rings. The fraction of sp³-hybridized carbons (Fsp3) is 0.200. The van der Waals surface area contributed by atoms with E-state index in [2.05, 4.69) is 13.8 Å². The van der Waals surface area contributed by atoms with Crippen LogP contribution < -0.4 is 4.74 Å². The van der Waals surface area contributed by atoms with Crippen molar-refractivity contribution in [2.24, 2.45) is 0 Å². The lowest BCUT2D eigenvalue weighted by Crippen LogP contribution is -1.89. The number of hydrogen-bond acceptors (Lipinski definition) is 1. The van der Waals surface area contributed by atoms with Crippen LogP contribution in [0, 0.1) is 5.82 Å². The largest absolute Gasteiger partial charge is 0.456 e. The van der Waals surface area contributed by atoms with E-state index in [1.165, 1.54) is 23.8 Å². The van der Waals surface area contributed by atoms with Crippen molar-refractivity contribution >= 4 is 11.6 Å². The van der Waals surface area contributed by atoms with E-state index in [9.17, 15) is 4.39 Å². The van der Waals surface area contributed by atoms with Gasteiger partial charge in [-0.15, -0.1) is 0 Å². The summed E-state index contributed by atoms with van der Waals surface area (Å²) in [5.41, 5.74) is 1.23. The third-order valence-corrected chi connectivity index (χ3v) is 2.98. The van der Waals surface area contributed by atoms with Gasteiger partial charge < -0.3 is 4.74 Å². The summed E-state index contributed by atoms with van der Waals surface area (Å²) in [6.45, 7) is 4.25. The maximum atomic E-state index is 13.1. The van der Waals surface area contributed by atoms with Gasteiger partial charge in [0.15, 0.2) is 0 Å². The van der Waals surface area contributed by atoms with Crippen LogP contribution in [0.1, 0.15) is 25.3 Å². The van der Waals surface area contributed by atoms with Crippen LogP contribution in [0.25, 0.3) is 0 Å². The number of rotatable bonds is 3. The van der Waals surface area contributed by atoms with Gasteiger partial charge in [0, 0.05) is 6.07 Å². The molecule has 0 radical (unpaired) electrons. The standard InChI is InChI=1S/C15H14ClFO/c1-10(2)11-3-6-13(7-4-11)18-15-9-12(17)5-8-14(15)16/h3-10H,1-2H3. The van der Waals surface area contributed by atoms with Gasteiger partial charge in [-0.3, -0.25) is 0 Å². The first-order chi connectivity index (χ1) is 8.56. The molecule has 3 heteroatoms. The molecule has 0 atom stereocenters. The molecule has 0 heterocycles. The van der Waals surface area contributed by atoms with Crippen molar-refractivity contribution in [3.63, 3.8) is 0 Å². The Labute approximate surface area is 111 Å². The van der Waals surface area contributed by atoms with E-state index in [0.717, 1.165) is 0 Å². The van der Waals surface area contributed by atoms with E-state index in [-0.39, 0.29) is 5.82 Å². The molecule has 0 spiro atoms. The molecule has 0 aromatic heterocycles. The fourth-order valence-corrected chi connectivity index (χ4v) is 1.76. The molecule has 2 aromatic carbocycles. The molecule has 1 nitrogen and oxygen atoms in total. The molecule has 0 aliphatic carbocycles. The van der Waals surface area contributed by atoms with Crippen molar-refractivity contribution in [2.45, 2.75) is 19.8 Å². The van der Waals surface area contributed by atoms with Gasteiger partial charge in [0.25, 0.3) is 0 Å². The maximum Gasteiger partial charge on any atom is 0.148 e. The highest BCUT2D eigenvalue weighted by atomic mass is 35.5. The van der Waals surface area contributed by atoms with Crippen LogP contribution in [0.5, 0.6) is 11.5 Å². The molecule has 0 fully saturated rings. The van der Waals surface area contributed by atoms with E-state index in [1.807, 2.05) is 24.3 Å². The molecule has 2 rings (SSSR count). The van der Waals surface area contributed by atoms with Gasteiger partial charge in [-0.25, -0.2) is 4.39 Å². The molecule has 0 aliphatic rings. The average molecular weight is 265 g/mol. The van der Waals surface area contributed by atoms with Crippen molar-refractivity contribution in [2.75, 3.05) is 0 Å². The molecule has 18 heavy (non-hydrogen) atoms. The zero-order valence-corrected chi connectivity index (χ0v) is 11.0. The Balaban J connectivity index is 2.21. The fourth-order valence-electron chi connectivity index (χ4n) is 1.60. The minimum Gasteiger partial charge on any atom is -0.456 e. The van der Waals surface area contributed by atoms with Gasteiger partial charge in [0.2, 0.25) is 0 Å². The maximum absolute atomic E-state index is 13.1. The van der Waals surface area contributed by atoms with E-state index in [4.69, 9.17) is 16.3 Å². The minimum absolute atomic E-state index is 0.328. The number of hydrogen-bond donors (Lipinski definition) is 0. The van der Waals surface area contributed by atoms with Crippen LogP contribution in [-0.2, 0) is 0 Å². The smallest absolute Gasteiger partial charge is 0.148 e. The van der Waals surface area contributed by atoms with Crippen LogP contribution in [0.15, 0.2) is 42.5 Å². The summed E-state index contributed by atoms with van der Waals surface area (Å²) >= 11 is 5.94. The van der Waals surface area contributed by atoms with Gasteiger partial charge in [-0.05, 0) is 35.7 Å². The molecule has 0 amide bonds. The Bertz CT molecular complexity index is 535. The normalized spacial score (nSPS) is 10.7. The quantitative estimate of drug-likeness (QED) is 0.722. The Hall–Kier alpha value is -1.54. The minimum atomic E-state index is -0.367. The highest BCUT2D eigenvalue weighted by Gasteiger charge is 2.05. The van der Waals surface area contributed by atoms with Crippen molar-refractivity contribution in [3.05, 3.63) is 58.9 Å². The zero-order valence-electron chi connectivity index (χ0n) is 10.3. The second-order valence-electron chi connectivity index (χ2n) is 4.40. The first-order valence-electron chi connectivity index (χ1n) is 5.79. The van der Waals surface area contributed by atoms with Crippen molar-refractivity contribution in [3.8, 4) is 11.5 Å². The summed E-state index contributed by atoms with van der Waals surface area (Å²) in [6.07, 6.45) is 0. The molecule has 94 valence electrons. The van der Waals surface area contributed by atoms with Crippen molar-refractivity contribution in [1.82, 2.24) is 0 Å². The number of ether oxygens (including phenoxy) is 1. The van der Waals surface area contributed by atoms with Gasteiger partial charge in [-0.1, -0.05) is 37.6 Å². The second kappa shape index (κ2) is 5.40. The van der Waals surface area contributed by atoms with E-state index in [0.29, 0.717) is 22.4 Å². The third kappa shape index (κ3) is 3.02. The lowest BCUT2D eigenvalue weighted by molar-refractivity contribution is 0.476. The van der Waals surface area contributed by atoms with E-state index < -0.39 is 0 Å². The van der Waals surface area contributed by atoms with Gasteiger partial charge in [0.05, 0.1) is 5.02 Å². The molecule has 0 N–H and O–H groups in total. The van der Waals surface area contributed by atoms with Crippen LogP contribution in [0.2, 0.25) is 5.02 Å². The first kappa shape index (κ1) is 12.9. The summed E-state index contributed by atoms with van der Waals surface area (Å²) in [4.78, 5) is 0. The van der Waals surface area contributed by atoms with Crippen molar-refractivity contribution in [1.29, 1.82) is 0 Å². The topological polar surface area (TPSA) is 9.23 Å². The van der Waals surface area contributed by atoms with E-state index >= 15 is 0 Å². The molecule has 0 unspecified atom stereocenters. The molecule has 0 saturated heterocycles.